The lowest BCUT2D eigenvalue weighted by molar-refractivity contribution is -0.121. The van der Waals surface area contributed by atoms with Gasteiger partial charge in [0.2, 0.25) is 15.9 Å². The molecule has 3 N–H and O–H groups in total. The van der Waals surface area contributed by atoms with E-state index < -0.39 is 15.9 Å². The number of carbonyl (C=O) groups is 2. The van der Waals surface area contributed by atoms with Gasteiger partial charge in [-0.2, -0.15) is 4.31 Å². The number of rotatable bonds is 5. The number of primary amides is 1. The number of imidazole rings is 1. The topological polar surface area (TPSA) is 132 Å². The summed E-state index contributed by atoms with van der Waals surface area (Å²) in [4.78, 5) is 28.3. The number of hydrogen-bond acceptors (Lipinski definition) is 5. The number of fused-ring (bicyclic) bond motifs is 1. The molecule has 1 aromatic carbocycles. The van der Waals surface area contributed by atoms with Gasteiger partial charge in [0.25, 0.3) is 5.91 Å². The van der Waals surface area contributed by atoms with E-state index in [0.29, 0.717) is 12.8 Å². The molecule has 0 aliphatic carbocycles. The summed E-state index contributed by atoms with van der Waals surface area (Å²) in [5.74, 6) is -1.18. The van der Waals surface area contributed by atoms with Crippen LogP contribution in [-0.4, -0.2) is 51.9 Å². The van der Waals surface area contributed by atoms with E-state index in [0.717, 1.165) is 11.0 Å². The summed E-state index contributed by atoms with van der Waals surface area (Å²) in [5, 5.41) is 0. The summed E-state index contributed by atoms with van der Waals surface area (Å²) in [6.07, 6.45) is 3.71. The zero-order chi connectivity index (χ0) is 21.5. The Hall–Kier alpha value is -3.18. The van der Waals surface area contributed by atoms with Crippen LogP contribution in [0, 0.1) is 5.92 Å². The number of nitrogens with zero attached hydrogens (tertiary/aromatic N) is 4. The predicted molar refractivity (Wildman–Crippen MR) is 110 cm³/mol. The molecule has 2 aromatic heterocycles. The van der Waals surface area contributed by atoms with Gasteiger partial charge in [-0.1, -0.05) is 12.1 Å². The largest absolute Gasteiger partial charge is 0.364 e. The number of aromatic nitrogens is 3. The highest BCUT2D eigenvalue weighted by Gasteiger charge is 2.33. The lowest BCUT2D eigenvalue weighted by Gasteiger charge is -2.30. The van der Waals surface area contributed by atoms with Crippen molar-refractivity contribution in [2.45, 2.75) is 17.7 Å². The standard InChI is InChI=1S/C19H22N6O4S/c1-23-11-14(10-17(23)18(20)26)30(28,29)24-8-6-13(7-9-24)19(27)22-25-12-21-15-4-2-3-5-16(15)25/h2-5,10-13H,6-9H2,1H3,(H2,20,26)(H,22,27). The molecule has 10 nitrogen and oxygen atoms in total. The molecule has 0 bridgehead atoms. The van der Waals surface area contributed by atoms with E-state index in [4.69, 9.17) is 5.73 Å². The number of sulfonamides is 1. The van der Waals surface area contributed by atoms with Crippen molar-refractivity contribution >= 4 is 32.9 Å². The van der Waals surface area contributed by atoms with Crippen molar-refractivity contribution in [2.24, 2.45) is 18.7 Å². The predicted octanol–water partition coefficient (Wildman–Crippen LogP) is 0.645. The van der Waals surface area contributed by atoms with Crippen LogP contribution in [0.4, 0.5) is 0 Å². The van der Waals surface area contributed by atoms with Crippen molar-refractivity contribution < 1.29 is 18.0 Å². The molecule has 0 unspecified atom stereocenters. The minimum absolute atomic E-state index is 0.0200. The number of amides is 2. The minimum Gasteiger partial charge on any atom is -0.364 e. The fourth-order valence-corrected chi connectivity index (χ4v) is 5.23. The fraction of sp³-hybridized carbons (Fsp3) is 0.316. The zero-order valence-electron chi connectivity index (χ0n) is 16.4. The lowest BCUT2D eigenvalue weighted by Crippen LogP contribution is -2.42. The Kier molecular flexibility index (Phi) is 5.08. The number of benzene rings is 1. The van der Waals surface area contributed by atoms with Gasteiger partial charge in [0.1, 0.15) is 16.9 Å². The summed E-state index contributed by atoms with van der Waals surface area (Å²) < 4.78 is 30.1. The number of hydrogen-bond donors (Lipinski definition) is 2. The summed E-state index contributed by atoms with van der Waals surface area (Å²) in [5.41, 5.74) is 9.80. The maximum Gasteiger partial charge on any atom is 0.265 e. The average molecular weight is 430 g/mol. The first-order valence-electron chi connectivity index (χ1n) is 9.46. The van der Waals surface area contributed by atoms with E-state index in [2.05, 4.69) is 10.4 Å². The Bertz CT molecular complexity index is 1220. The molecule has 158 valence electrons. The molecule has 0 spiro atoms. The molecule has 3 heterocycles. The molecule has 4 rings (SSSR count). The number of para-hydroxylation sites is 2. The molecule has 3 aromatic rings. The van der Waals surface area contributed by atoms with Gasteiger partial charge in [0.15, 0.2) is 0 Å². The molecule has 0 atom stereocenters. The smallest absolute Gasteiger partial charge is 0.265 e. The second-order valence-corrected chi connectivity index (χ2v) is 9.23. The second-order valence-electron chi connectivity index (χ2n) is 7.29. The van der Waals surface area contributed by atoms with Crippen LogP contribution < -0.4 is 11.2 Å². The van der Waals surface area contributed by atoms with Crippen molar-refractivity contribution in [3.8, 4) is 0 Å². The Morgan fingerprint density at radius 2 is 1.90 bits per heavy atom. The van der Waals surface area contributed by atoms with Crippen LogP contribution in [-0.2, 0) is 21.9 Å². The molecule has 1 aliphatic heterocycles. The van der Waals surface area contributed by atoms with Gasteiger partial charge in [-0.15, -0.1) is 0 Å². The van der Waals surface area contributed by atoms with E-state index in [-0.39, 0.29) is 35.5 Å². The normalized spacial score (nSPS) is 16.0. The Labute approximate surface area is 173 Å². The maximum absolute atomic E-state index is 12.9. The van der Waals surface area contributed by atoms with Crippen molar-refractivity contribution in [3.05, 3.63) is 48.5 Å². The molecule has 0 radical (unpaired) electrons. The van der Waals surface area contributed by atoms with Crippen LogP contribution in [0.1, 0.15) is 23.3 Å². The summed E-state index contributed by atoms with van der Waals surface area (Å²) in [7, 11) is -2.20. The highest BCUT2D eigenvalue weighted by molar-refractivity contribution is 7.89. The third-order valence-electron chi connectivity index (χ3n) is 5.38. The van der Waals surface area contributed by atoms with Crippen molar-refractivity contribution in [2.75, 3.05) is 18.5 Å². The zero-order valence-corrected chi connectivity index (χ0v) is 17.2. The van der Waals surface area contributed by atoms with Crippen molar-refractivity contribution in [1.82, 2.24) is 18.5 Å². The van der Waals surface area contributed by atoms with Crippen LogP contribution in [0.2, 0.25) is 0 Å². The van der Waals surface area contributed by atoms with Gasteiger partial charge in [-0.25, -0.2) is 18.1 Å². The summed E-state index contributed by atoms with van der Waals surface area (Å²) in [6, 6.07) is 8.73. The van der Waals surface area contributed by atoms with Gasteiger partial charge < -0.3 is 10.3 Å². The van der Waals surface area contributed by atoms with E-state index in [9.17, 15) is 18.0 Å². The number of nitrogens with one attached hydrogen (secondary N) is 1. The molecule has 2 amide bonds. The molecular formula is C19H22N6O4S. The molecular weight excluding hydrogens is 408 g/mol. The van der Waals surface area contributed by atoms with E-state index in [1.807, 2.05) is 24.3 Å². The van der Waals surface area contributed by atoms with Crippen LogP contribution in [0.15, 0.2) is 47.8 Å². The number of piperidine rings is 1. The first kappa shape index (κ1) is 20.1. The highest BCUT2D eigenvalue weighted by atomic mass is 32.2. The minimum atomic E-state index is -3.77. The number of nitrogens with two attached hydrogens (primary N) is 1. The average Bonchev–Trinajstić information content (AvgIpc) is 3.32. The maximum atomic E-state index is 12.9. The van der Waals surface area contributed by atoms with Gasteiger partial charge >= 0.3 is 0 Å². The van der Waals surface area contributed by atoms with Gasteiger partial charge in [0.05, 0.1) is 11.0 Å². The monoisotopic (exact) mass is 430 g/mol. The summed E-state index contributed by atoms with van der Waals surface area (Å²) >= 11 is 0. The lowest BCUT2D eigenvalue weighted by atomic mass is 9.98. The quantitative estimate of drug-likeness (QED) is 0.613. The van der Waals surface area contributed by atoms with E-state index in [1.165, 1.54) is 21.1 Å². The van der Waals surface area contributed by atoms with Crippen LogP contribution in [0.25, 0.3) is 11.0 Å². The van der Waals surface area contributed by atoms with Gasteiger partial charge in [-0.05, 0) is 31.0 Å². The van der Waals surface area contributed by atoms with E-state index in [1.54, 1.807) is 18.1 Å². The Morgan fingerprint density at radius 3 is 2.57 bits per heavy atom. The third-order valence-corrected chi connectivity index (χ3v) is 7.24. The van der Waals surface area contributed by atoms with Crippen LogP contribution in [0.3, 0.4) is 0 Å². The highest BCUT2D eigenvalue weighted by Crippen LogP contribution is 2.25. The first-order chi connectivity index (χ1) is 14.3. The van der Waals surface area contributed by atoms with Crippen LogP contribution >= 0.6 is 0 Å². The SMILES string of the molecule is Cn1cc(S(=O)(=O)N2CCC(C(=O)Nn3cnc4ccccc43)CC2)cc1C(N)=O. The first-order valence-corrected chi connectivity index (χ1v) is 10.9. The summed E-state index contributed by atoms with van der Waals surface area (Å²) in [6.45, 7) is 0.428. The number of aryl methyl sites for hydroxylation is 1. The Balaban J connectivity index is 1.42. The molecule has 30 heavy (non-hydrogen) atoms. The van der Waals surface area contributed by atoms with Gasteiger partial charge in [-0.3, -0.25) is 15.0 Å². The second kappa shape index (κ2) is 7.58. The molecule has 1 saturated heterocycles. The molecule has 1 aliphatic rings. The molecule has 0 saturated carbocycles. The number of carbonyl (C=O) groups excluding carboxylic acids is 2. The molecule has 11 heteroatoms. The molecule has 1 fully saturated rings. The Morgan fingerprint density at radius 1 is 1.20 bits per heavy atom. The third kappa shape index (κ3) is 3.57. The van der Waals surface area contributed by atoms with Crippen molar-refractivity contribution in [3.63, 3.8) is 0 Å². The van der Waals surface area contributed by atoms with Crippen molar-refractivity contribution in [1.29, 1.82) is 0 Å². The fourth-order valence-electron chi connectivity index (χ4n) is 3.69. The van der Waals surface area contributed by atoms with E-state index >= 15 is 0 Å². The van der Waals surface area contributed by atoms with Gasteiger partial charge in [0, 0.05) is 32.3 Å². The van der Waals surface area contributed by atoms with Crippen LogP contribution in [0.5, 0.6) is 0 Å².